The topological polar surface area (TPSA) is 109 Å². The van der Waals surface area contributed by atoms with Gasteiger partial charge in [0.05, 0.1) is 29.3 Å². The van der Waals surface area contributed by atoms with Gasteiger partial charge in [-0.1, -0.05) is 13.0 Å². The zero-order chi connectivity index (χ0) is 27.0. The van der Waals surface area contributed by atoms with E-state index in [0.29, 0.717) is 65.5 Å². The number of halogens is 2. The number of rotatable bonds is 8. The monoisotopic (exact) mass is 525 g/mol. The number of nitrogens with zero attached hydrogens (tertiary/aromatic N) is 2. The Balaban J connectivity index is 1.42. The lowest BCUT2D eigenvalue weighted by atomic mass is 9.89. The number of aromatic amines is 1. The van der Waals surface area contributed by atoms with Crippen molar-refractivity contribution >= 4 is 22.8 Å². The van der Waals surface area contributed by atoms with Crippen LogP contribution in [0.4, 0.5) is 8.78 Å². The molecule has 0 radical (unpaired) electrons. The minimum absolute atomic E-state index is 0.110. The number of aromatic nitrogens is 3. The molecule has 2 heterocycles. The summed E-state index contributed by atoms with van der Waals surface area (Å²) in [5.41, 5.74) is 2.52. The Morgan fingerprint density at radius 3 is 2.63 bits per heavy atom. The highest BCUT2D eigenvalue weighted by Gasteiger charge is 2.34. The van der Waals surface area contributed by atoms with Gasteiger partial charge in [-0.25, -0.2) is 18.7 Å². The van der Waals surface area contributed by atoms with Crippen molar-refractivity contribution in [2.45, 2.75) is 77.6 Å². The van der Waals surface area contributed by atoms with E-state index in [4.69, 9.17) is 4.74 Å². The standard InChI is InChI=1S/C28H33F2N5O3/c1-4-21(36)34-17-8-9-19(18(29)11-17)35-28(37)22-15(3)33-27-25(22)31-13-32-26(27)23-20(38-12-16-6-7-16)10-5-14(2)24(23)30/h5,10,13,16-19,33H,4,6-9,11-12H2,1-3H3,(H,34,36)(H,35,37)/t17-,18+,19+/m0/s1. The summed E-state index contributed by atoms with van der Waals surface area (Å²) in [5, 5.41) is 5.65. The van der Waals surface area contributed by atoms with Gasteiger partial charge in [0.1, 0.15) is 35.3 Å². The molecule has 2 aromatic heterocycles. The summed E-state index contributed by atoms with van der Waals surface area (Å²) in [7, 11) is 0. The van der Waals surface area contributed by atoms with E-state index in [1.807, 2.05) is 0 Å². The fourth-order valence-electron chi connectivity index (χ4n) is 5.06. The van der Waals surface area contributed by atoms with Crippen LogP contribution in [-0.2, 0) is 4.79 Å². The molecule has 8 nitrogen and oxygen atoms in total. The summed E-state index contributed by atoms with van der Waals surface area (Å²) in [6.07, 6.45) is 3.68. The van der Waals surface area contributed by atoms with Crippen molar-refractivity contribution in [3.8, 4) is 17.0 Å². The van der Waals surface area contributed by atoms with Crippen LogP contribution in [0.1, 0.15) is 67.1 Å². The van der Waals surface area contributed by atoms with Gasteiger partial charge in [0.2, 0.25) is 5.91 Å². The van der Waals surface area contributed by atoms with Gasteiger partial charge in [0.25, 0.3) is 5.91 Å². The van der Waals surface area contributed by atoms with Crippen LogP contribution in [0, 0.1) is 25.6 Å². The molecule has 0 spiro atoms. The van der Waals surface area contributed by atoms with Crippen LogP contribution in [0.3, 0.4) is 0 Å². The van der Waals surface area contributed by atoms with E-state index in [2.05, 4.69) is 25.6 Å². The van der Waals surface area contributed by atoms with Crippen molar-refractivity contribution in [1.29, 1.82) is 0 Å². The maximum absolute atomic E-state index is 15.5. The van der Waals surface area contributed by atoms with Crippen LogP contribution < -0.4 is 15.4 Å². The predicted octanol–water partition coefficient (Wildman–Crippen LogP) is 4.68. The second kappa shape index (κ2) is 10.7. The summed E-state index contributed by atoms with van der Waals surface area (Å²) < 4.78 is 36.4. The van der Waals surface area contributed by atoms with Crippen LogP contribution in [0.5, 0.6) is 5.75 Å². The van der Waals surface area contributed by atoms with Crippen molar-refractivity contribution in [3.63, 3.8) is 0 Å². The highest BCUT2D eigenvalue weighted by atomic mass is 19.1. The molecule has 2 aliphatic carbocycles. The molecule has 3 aromatic rings. The number of hydrogen-bond donors (Lipinski definition) is 3. The van der Waals surface area contributed by atoms with E-state index in [0.717, 1.165) is 12.8 Å². The number of carbonyl (C=O) groups excluding carboxylic acids is 2. The van der Waals surface area contributed by atoms with Crippen LogP contribution in [0.2, 0.25) is 0 Å². The quantitative estimate of drug-likeness (QED) is 0.396. The first-order chi connectivity index (χ1) is 18.3. The fourth-order valence-corrected chi connectivity index (χ4v) is 5.06. The molecule has 2 aliphatic rings. The third-order valence-electron chi connectivity index (χ3n) is 7.48. The first-order valence-electron chi connectivity index (χ1n) is 13.3. The van der Waals surface area contributed by atoms with Gasteiger partial charge in [-0.3, -0.25) is 9.59 Å². The van der Waals surface area contributed by atoms with Crippen molar-refractivity contribution in [2.75, 3.05) is 6.61 Å². The second-order valence-corrected chi connectivity index (χ2v) is 10.4. The lowest BCUT2D eigenvalue weighted by Crippen LogP contribution is -2.50. The first kappa shape index (κ1) is 26.1. The SMILES string of the molecule is CCC(=O)N[C@H]1CC[C@@H](NC(=O)c2c(C)[nH]c3c(-c4c(OCC5CC5)ccc(C)c4F)ncnc23)[C@H](F)C1. The number of aryl methyl sites for hydroxylation is 2. The molecule has 3 N–H and O–H groups in total. The number of alkyl halides is 1. The van der Waals surface area contributed by atoms with E-state index < -0.39 is 23.9 Å². The molecule has 0 aliphatic heterocycles. The number of fused-ring (bicyclic) bond motifs is 1. The summed E-state index contributed by atoms with van der Waals surface area (Å²) in [6.45, 7) is 5.66. The van der Waals surface area contributed by atoms with E-state index in [1.165, 1.54) is 6.33 Å². The average molecular weight is 526 g/mol. The van der Waals surface area contributed by atoms with Gasteiger partial charge < -0.3 is 20.4 Å². The van der Waals surface area contributed by atoms with Gasteiger partial charge in [0.15, 0.2) is 0 Å². The molecule has 3 atom stereocenters. The highest BCUT2D eigenvalue weighted by Crippen LogP contribution is 2.39. The maximum atomic E-state index is 15.5. The Hall–Kier alpha value is -3.56. The number of carbonyl (C=O) groups is 2. The first-order valence-corrected chi connectivity index (χ1v) is 13.3. The Morgan fingerprint density at radius 2 is 1.92 bits per heavy atom. The summed E-state index contributed by atoms with van der Waals surface area (Å²) in [5.74, 6) is -0.134. The molecule has 2 saturated carbocycles. The average Bonchev–Trinajstić information content (AvgIpc) is 3.66. The maximum Gasteiger partial charge on any atom is 0.255 e. The summed E-state index contributed by atoms with van der Waals surface area (Å²) >= 11 is 0. The number of H-pyrrole nitrogens is 1. The van der Waals surface area contributed by atoms with Crippen LogP contribution in [-0.4, -0.2) is 51.6 Å². The van der Waals surface area contributed by atoms with Crippen LogP contribution >= 0.6 is 0 Å². The summed E-state index contributed by atoms with van der Waals surface area (Å²) in [6, 6.07) is 2.50. The molecule has 202 valence electrons. The van der Waals surface area contributed by atoms with Gasteiger partial charge >= 0.3 is 0 Å². The molecular formula is C28H33F2N5O3. The molecule has 1 aromatic carbocycles. The third-order valence-corrected chi connectivity index (χ3v) is 7.48. The van der Waals surface area contributed by atoms with Crippen LogP contribution in [0.15, 0.2) is 18.5 Å². The van der Waals surface area contributed by atoms with E-state index in [-0.39, 0.29) is 29.5 Å². The van der Waals surface area contributed by atoms with E-state index >= 15 is 4.39 Å². The van der Waals surface area contributed by atoms with E-state index in [9.17, 15) is 14.0 Å². The molecule has 2 amide bonds. The lowest BCUT2D eigenvalue weighted by molar-refractivity contribution is -0.121. The van der Waals surface area contributed by atoms with Gasteiger partial charge in [-0.2, -0.15) is 0 Å². The lowest BCUT2D eigenvalue weighted by Gasteiger charge is -2.32. The Bertz CT molecular complexity index is 1370. The van der Waals surface area contributed by atoms with Crippen molar-refractivity contribution in [1.82, 2.24) is 25.6 Å². The molecule has 5 rings (SSSR count). The van der Waals surface area contributed by atoms with Gasteiger partial charge in [-0.15, -0.1) is 0 Å². The van der Waals surface area contributed by atoms with E-state index in [1.54, 1.807) is 32.9 Å². The highest BCUT2D eigenvalue weighted by molar-refractivity contribution is 6.09. The predicted molar refractivity (Wildman–Crippen MR) is 139 cm³/mol. The molecular weight excluding hydrogens is 492 g/mol. The molecule has 10 heteroatoms. The summed E-state index contributed by atoms with van der Waals surface area (Å²) in [4.78, 5) is 36.9. The largest absolute Gasteiger partial charge is 0.492 e. The second-order valence-electron chi connectivity index (χ2n) is 10.4. The van der Waals surface area contributed by atoms with Crippen LogP contribution in [0.25, 0.3) is 22.3 Å². The van der Waals surface area contributed by atoms with Crippen molar-refractivity contribution < 1.29 is 23.1 Å². The smallest absolute Gasteiger partial charge is 0.255 e. The molecule has 38 heavy (non-hydrogen) atoms. The minimum Gasteiger partial charge on any atom is -0.492 e. The van der Waals surface area contributed by atoms with Crippen molar-refractivity contribution in [3.05, 3.63) is 41.1 Å². The number of hydrogen-bond acceptors (Lipinski definition) is 5. The zero-order valence-electron chi connectivity index (χ0n) is 21.9. The number of nitrogens with one attached hydrogen (secondary N) is 3. The number of benzene rings is 1. The normalized spacial score (nSPS) is 21.3. The Morgan fingerprint density at radius 1 is 1.13 bits per heavy atom. The molecule has 0 bridgehead atoms. The molecule has 2 fully saturated rings. The Kier molecular flexibility index (Phi) is 7.32. The van der Waals surface area contributed by atoms with Gasteiger partial charge in [-0.05, 0) is 57.1 Å². The fraction of sp³-hybridized carbons (Fsp3) is 0.500. The number of amides is 2. The third kappa shape index (κ3) is 5.21. The Labute approximate surface area is 220 Å². The number of ether oxygens (including phenoxy) is 1. The molecule has 0 saturated heterocycles. The zero-order valence-corrected chi connectivity index (χ0v) is 21.9. The minimum atomic E-state index is -1.29. The molecule has 0 unspecified atom stereocenters. The van der Waals surface area contributed by atoms with Crippen molar-refractivity contribution in [2.24, 2.45) is 5.92 Å². The van der Waals surface area contributed by atoms with Gasteiger partial charge in [0, 0.05) is 24.6 Å².